The Morgan fingerprint density at radius 1 is 1.06 bits per heavy atom. The Morgan fingerprint density at radius 2 is 1.78 bits per heavy atom. The normalized spacial score (nSPS) is 35.7. The lowest BCUT2D eigenvalue weighted by Crippen LogP contribution is -2.69. The highest BCUT2D eigenvalue weighted by Crippen LogP contribution is 2.69. The first-order valence-corrected chi connectivity index (χ1v) is 15.9. The lowest BCUT2D eigenvalue weighted by Gasteiger charge is -2.62. The Kier molecular flexibility index (Phi) is 12.0. The summed E-state index contributed by atoms with van der Waals surface area (Å²) in [5.41, 5.74) is -6.96. The van der Waals surface area contributed by atoms with E-state index in [1.807, 2.05) is 0 Å². The van der Waals surface area contributed by atoms with E-state index < -0.39 is 101 Å². The molecule has 0 aliphatic heterocycles. The largest absolute Gasteiger partial charge is 0.456 e. The number of carbonyl (C=O) groups is 4. The number of unbranched alkanes of at least 4 members (excludes halogenated alkanes) is 1. The lowest BCUT2D eigenvalue weighted by atomic mass is 9.44. The number of alkyl halides is 1. The number of ether oxygens (including phenoxy) is 2. The maximum atomic E-state index is 17.2. The molecule has 3 saturated carbocycles. The number of aliphatic hydroxyl groups excluding tert-OH is 2. The smallest absolute Gasteiger partial charge is 0.407 e. The van der Waals surface area contributed by atoms with Crippen LogP contribution in [-0.4, -0.2) is 127 Å². The summed E-state index contributed by atoms with van der Waals surface area (Å²) in [6.45, 7) is 0.841. The van der Waals surface area contributed by atoms with E-state index in [1.165, 1.54) is 25.2 Å². The Bertz CT molecular complexity index is 1330. The van der Waals surface area contributed by atoms with Crippen LogP contribution in [0.5, 0.6) is 0 Å². The van der Waals surface area contributed by atoms with Gasteiger partial charge in [0.15, 0.2) is 23.7 Å². The Labute approximate surface area is 280 Å². The van der Waals surface area contributed by atoms with Crippen molar-refractivity contribution in [1.29, 1.82) is 0 Å². The molecule has 19 heteroatoms. The number of aliphatic hydroxyl groups is 3. The minimum atomic E-state index is -2.49. The van der Waals surface area contributed by atoms with Gasteiger partial charge in [-0.1, -0.05) is 18.6 Å². The predicted octanol–water partition coefficient (Wildman–Crippen LogP) is 0.461. The molecule has 8 N–H and O–H groups in total. The number of rotatable bonds is 15. The van der Waals surface area contributed by atoms with Crippen LogP contribution >= 0.6 is 0 Å². The zero-order valence-corrected chi connectivity index (χ0v) is 27.1. The van der Waals surface area contributed by atoms with Crippen molar-refractivity contribution < 1.29 is 78.9 Å². The van der Waals surface area contributed by atoms with E-state index in [0.717, 1.165) is 0 Å². The molecular formula is C30H44FN3O15. The van der Waals surface area contributed by atoms with Crippen LogP contribution in [0.2, 0.25) is 0 Å². The number of hydrogen-bond donors (Lipinski definition) is 8. The number of alkyl carbamates (subject to hydrolysis) is 1. The summed E-state index contributed by atoms with van der Waals surface area (Å²) < 4.78 is 27.1. The molecule has 49 heavy (non-hydrogen) atoms. The maximum Gasteiger partial charge on any atom is 0.407 e. The molecule has 3 fully saturated rings. The Hall–Kier alpha value is -2.95. The van der Waals surface area contributed by atoms with Crippen molar-refractivity contribution in [2.75, 3.05) is 26.4 Å². The standard InChI is InChI=1S/C30H44FN3O15/c1-27-9-8-18(35)11-17(27)6-7-20-21-12-22(36)30(41,28(21,2)13-23(37)29(20,27)31)24(38)16-47-25(39)14-32-26(40)46-10-4-3-5-19(49-34(44)45)15-48-33(42)43/h8-9,11,19-23,36-37,41-45H,3-7,10,12-16H2,1-2H3,(H,32,40)/t19?,20-,21-,22+,23-,27-,28-,29-,30-/m0/s1. The molecule has 0 saturated heterocycles. The van der Waals surface area contributed by atoms with Crippen LogP contribution in [0.3, 0.4) is 0 Å². The van der Waals surface area contributed by atoms with Crippen LogP contribution < -0.4 is 5.32 Å². The number of ketones is 2. The topological polar surface area (TPSA) is 265 Å². The lowest BCUT2D eigenvalue weighted by molar-refractivity contribution is -0.527. The number of esters is 1. The fourth-order valence-corrected chi connectivity index (χ4v) is 8.32. The minimum absolute atomic E-state index is 0.114. The highest BCUT2D eigenvalue weighted by Gasteiger charge is 2.76. The van der Waals surface area contributed by atoms with E-state index in [0.29, 0.717) is 18.4 Å². The Balaban J connectivity index is 1.26. The van der Waals surface area contributed by atoms with E-state index in [1.54, 1.807) is 6.92 Å². The van der Waals surface area contributed by atoms with Gasteiger partial charge in [0.05, 0.1) is 29.6 Å². The van der Waals surface area contributed by atoms with Crippen molar-refractivity contribution in [3.63, 3.8) is 0 Å². The van der Waals surface area contributed by atoms with Crippen molar-refractivity contribution in [2.24, 2.45) is 22.7 Å². The van der Waals surface area contributed by atoms with Gasteiger partial charge in [0.1, 0.15) is 19.3 Å². The number of halogens is 1. The molecule has 276 valence electrons. The molecule has 0 radical (unpaired) electrons. The van der Waals surface area contributed by atoms with Crippen molar-refractivity contribution in [1.82, 2.24) is 16.1 Å². The van der Waals surface area contributed by atoms with Crippen LogP contribution in [-0.2, 0) is 33.5 Å². The second-order valence-corrected chi connectivity index (χ2v) is 13.4. The van der Waals surface area contributed by atoms with Gasteiger partial charge in [-0.05, 0) is 69.9 Å². The fraction of sp³-hybridized carbons (Fsp3) is 0.733. The highest BCUT2D eigenvalue weighted by molar-refractivity contribution is 6.01. The van der Waals surface area contributed by atoms with Crippen LogP contribution in [0.4, 0.5) is 9.18 Å². The predicted molar refractivity (Wildman–Crippen MR) is 156 cm³/mol. The van der Waals surface area contributed by atoms with Gasteiger partial charge in [-0.15, -0.1) is 0 Å². The third kappa shape index (κ3) is 7.42. The summed E-state index contributed by atoms with van der Waals surface area (Å²) in [6, 6.07) is 0. The number of nitrogens with one attached hydrogen (secondary N) is 1. The molecule has 1 amide bonds. The summed E-state index contributed by atoms with van der Waals surface area (Å²) in [5.74, 6) is -3.99. The zero-order valence-electron chi connectivity index (χ0n) is 27.1. The van der Waals surface area contributed by atoms with E-state index >= 15 is 4.39 Å². The average molecular weight is 706 g/mol. The van der Waals surface area contributed by atoms with E-state index in [4.69, 9.17) is 30.3 Å². The summed E-state index contributed by atoms with van der Waals surface area (Å²) in [4.78, 5) is 58.7. The van der Waals surface area contributed by atoms with Crippen molar-refractivity contribution in [3.8, 4) is 0 Å². The van der Waals surface area contributed by atoms with E-state index in [-0.39, 0.29) is 44.5 Å². The van der Waals surface area contributed by atoms with Gasteiger partial charge in [0.2, 0.25) is 5.78 Å². The van der Waals surface area contributed by atoms with Gasteiger partial charge in [-0.2, -0.15) is 0 Å². The van der Waals surface area contributed by atoms with Gasteiger partial charge >= 0.3 is 12.1 Å². The molecule has 0 bridgehead atoms. The molecule has 0 heterocycles. The quantitative estimate of drug-likeness (QED) is 0.0653. The summed E-state index contributed by atoms with van der Waals surface area (Å²) in [5, 5.41) is 69.8. The average Bonchev–Trinajstić information content (AvgIpc) is 3.23. The molecule has 0 aromatic heterocycles. The van der Waals surface area contributed by atoms with Crippen molar-refractivity contribution in [2.45, 2.75) is 88.4 Å². The molecule has 4 rings (SSSR count). The first kappa shape index (κ1) is 38.8. The molecule has 0 aromatic carbocycles. The number of hydrogen-bond acceptors (Lipinski definition) is 17. The third-order valence-corrected chi connectivity index (χ3v) is 10.8. The van der Waals surface area contributed by atoms with Crippen LogP contribution in [0.25, 0.3) is 0 Å². The second kappa shape index (κ2) is 15.1. The number of amides is 1. The number of allylic oxidation sites excluding steroid dienone is 4. The highest BCUT2D eigenvalue weighted by atomic mass is 19.1. The first-order valence-electron chi connectivity index (χ1n) is 15.9. The number of nitrogens with zero attached hydrogens (tertiary/aromatic N) is 2. The van der Waals surface area contributed by atoms with E-state index in [2.05, 4.69) is 15.0 Å². The molecule has 9 atom stereocenters. The Morgan fingerprint density at radius 3 is 2.45 bits per heavy atom. The molecule has 4 aliphatic rings. The number of Topliss-reactive ketones (excluding diaryl/α,β-unsaturated/α-hetero) is 1. The number of fused-ring (bicyclic) bond motifs is 5. The van der Waals surface area contributed by atoms with Gasteiger partial charge in [-0.3, -0.25) is 35.2 Å². The first-order chi connectivity index (χ1) is 22.9. The van der Waals surface area contributed by atoms with Crippen molar-refractivity contribution in [3.05, 3.63) is 23.8 Å². The van der Waals surface area contributed by atoms with Gasteiger partial charge < -0.3 is 30.1 Å². The molecule has 18 nitrogen and oxygen atoms in total. The van der Waals surface area contributed by atoms with Crippen LogP contribution in [0, 0.1) is 22.7 Å². The van der Waals surface area contributed by atoms with Gasteiger partial charge in [0.25, 0.3) is 0 Å². The molecule has 4 aliphatic carbocycles. The van der Waals surface area contributed by atoms with Gasteiger partial charge in [0, 0.05) is 16.7 Å². The SMILES string of the molecule is C[C@]12C=CC(=O)C=C1CC[C@H]1[C@@H]3C[C@@H](O)[C@](O)(C(=O)COC(=O)CNC(=O)OCCCCC(CON(O)O)ON(O)O)[C@@]3(C)C[C@H](O)[C@@]12F. The molecule has 1 unspecified atom stereocenters. The zero-order chi connectivity index (χ0) is 36.4. The third-order valence-electron chi connectivity index (χ3n) is 10.8. The minimum Gasteiger partial charge on any atom is -0.456 e. The van der Waals surface area contributed by atoms with Crippen LogP contribution in [0.15, 0.2) is 23.8 Å². The summed E-state index contributed by atoms with van der Waals surface area (Å²) in [7, 11) is 0. The maximum absolute atomic E-state index is 17.2. The van der Waals surface area contributed by atoms with E-state index in [9.17, 15) is 34.5 Å². The summed E-state index contributed by atoms with van der Waals surface area (Å²) >= 11 is 0. The monoisotopic (exact) mass is 705 g/mol. The van der Waals surface area contributed by atoms with Crippen LogP contribution in [0.1, 0.15) is 58.8 Å². The molecule has 0 aromatic rings. The fourth-order valence-electron chi connectivity index (χ4n) is 8.32. The molecule has 0 spiro atoms. The van der Waals surface area contributed by atoms with Crippen molar-refractivity contribution >= 4 is 23.6 Å². The summed E-state index contributed by atoms with van der Waals surface area (Å²) in [6.07, 6.45) is -0.514. The second-order valence-electron chi connectivity index (χ2n) is 13.4. The van der Waals surface area contributed by atoms with Gasteiger partial charge in [-0.25, -0.2) is 18.9 Å². The number of carbonyl (C=O) groups excluding carboxylic acids is 4. The molecular weight excluding hydrogens is 661 g/mol.